The molecule has 2 nitrogen and oxygen atoms in total. The number of hydrogen-bond acceptors (Lipinski definition) is 2. The molecule has 0 saturated heterocycles. The van der Waals surface area contributed by atoms with Crippen LogP contribution in [-0.2, 0) is 19.3 Å². The Balaban J connectivity index is 1.49. The number of rotatable bonds is 11. The second-order valence-electron chi connectivity index (χ2n) is 7.62. The van der Waals surface area contributed by atoms with E-state index in [0.29, 0.717) is 6.61 Å². The van der Waals surface area contributed by atoms with Crippen molar-refractivity contribution in [2.75, 3.05) is 6.61 Å². The van der Waals surface area contributed by atoms with Crippen molar-refractivity contribution in [1.29, 1.82) is 0 Å². The predicted molar refractivity (Wildman–Crippen MR) is 123 cm³/mol. The van der Waals surface area contributed by atoms with Crippen LogP contribution in [0.4, 0.5) is 0 Å². The third-order valence-corrected chi connectivity index (χ3v) is 5.33. The Kier molecular flexibility index (Phi) is 8.30. The van der Waals surface area contributed by atoms with Crippen LogP contribution in [0.2, 0.25) is 0 Å². The molecule has 0 atom stereocenters. The Bertz CT molecular complexity index is 835. The van der Waals surface area contributed by atoms with Gasteiger partial charge in [-0.15, -0.1) is 0 Å². The van der Waals surface area contributed by atoms with Gasteiger partial charge in [0.15, 0.2) is 0 Å². The highest BCUT2D eigenvalue weighted by molar-refractivity contribution is 5.64. The van der Waals surface area contributed by atoms with E-state index in [9.17, 15) is 0 Å². The minimum absolute atomic E-state index is 0.700. The summed E-state index contributed by atoms with van der Waals surface area (Å²) >= 11 is 0. The first-order chi connectivity index (χ1) is 14.3. The molecule has 0 N–H and O–H groups in total. The number of ether oxygens (including phenoxy) is 1. The molecule has 0 aliphatic heterocycles. The Morgan fingerprint density at radius 3 is 1.93 bits per heavy atom. The van der Waals surface area contributed by atoms with Gasteiger partial charge in [0.25, 0.3) is 0 Å². The number of hydrogen-bond donors (Lipinski definition) is 0. The van der Waals surface area contributed by atoms with E-state index in [-0.39, 0.29) is 0 Å². The molecule has 2 aromatic carbocycles. The van der Waals surface area contributed by atoms with Crippen molar-refractivity contribution >= 4 is 0 Å². The molecule has 29 heavy (non-hydrogen) atoms. The lowest BCUT2D eigenvalue weighted by molar-refractivity contribution is 0.340. The van der Waals surface area contributed by atoms with E-state index < -0.39 is 0 Å². The number of pyridine rings is 1. The molecular formula is C27H33NO. The van der Waals surface area contributed by atoms with Crippen LogP contribution in [0.15, 0.2) is 66.9 Å². The number of unbranched alkanes of at least 4 members (excludes halogenated alkanes) is 3. The van der Waals surface area contributed by atoms with E-state index in [2.05, 4.69) is 66.6 Å². The minimum Gasteiger partial charge on any atom is -0.494 e. The molecule has 1 heterocycles. The van der Waals surface area contributed by atoms with Gasteiger partial charge in [0, 0.05) is 11.9 Å². The molecule has 0 fully saturated rings. The SMILES string of the molecule is CCCCCCc1ccc(CCc2ccc(-c3ccc(OCC)cc3)cc2)cn1. The molecular weight excluding hydrogens is 354 g/mol. The molecule has 3 aromatic rings. The molecule has 0 amide bonds. The highest BCUT2D eigenvalue weighted by atomic mass is 16.5. The Labute approximate surface area is 176 Å². The average molecular weight is 388 g/mol. The summed E-state index contributed by atoms with van der Waals surface area (Å²) in [6.07, 6.45) is 10.4. The number of aromatic nitrogens is 1. The molecule has 2 heteroatoms. The fraction of sp³-hybridized carbons (Fsp3) is 0.370. The van der Waals surface area contributed by atoms with Crippen molar-refractivity contribution in [1.82, 2.24) is 4.98 Å². The zero-order valence-corrected chi connectivity index (χ0v) is 17.9. The first-order valence-corrected chi connectivity index (χ1v) is 11.0. The van der Waals surface area contributed by atoms with Gasteiger partial charge in [-0.3, -0.25) is 4.98 Å². The van der Waals surface area contributed by atoms with Gasteiger partial charge in [-0.05, 0) is 73.1 Å². The Morgan fingerprint density at radius 1 is 0.655 bits per heavy atom. The van der Waals surface area contributed by atoms with Crippen LogP contribution < -0.4 is 4.74 Å². The van der Waals surface area contributed by atoms with Crippen LogP contribution in [0.1, 0.15) is 56.4 Å². The van der Waals surface area contributed by atoms with Crippen LogP contribution in [0.25, 0.3) is 11.1 Å². The second-order valence-corrected chi connectivity index (χ2v) is 7.62. The second kappa shape index (κ2) is 11.4. The van der Waals surface area contributed by atoms with E-state index in [1.54, 1.807) is 0 Å². The number of nitrogens with zero attached hydrogens (tertiary/aromatic N) is 1. The number of benzene rings is 2. The summed E-state index contributed by atoms with van der Waals surface area (Å²) in [6, 6.07) is 21.7. The largest absolute Gasteiger partial charge is 0.494 e. The van der Waals surface area contributed by atoms with Crippen LogP contribution in [0.5, 0.6) is 5.75 Å². The van der Waals surface area contributed by atoms with Gasteiger partial charge in [-0.25, -0.2) is 0 Å². The van der Waals surface area contributed by atoms with Crippen LogP contribution >= 0.6 is 0 Å². The lowest BCUT2D eigenvalue weighted by Gasteiger charge is -2.07. The summed E-state index contributed by atoms with van der Waals surface area (Å²) in [5.74, 6) is 0.924. The summed E-state index contributed by atoms with van der Waals surface area (Å²) in [6.45, 7) is 4.96. The molecule has 152 valence electrons. The van der Waals surface area contributed by atoms with Crippen LogP contribution in [-0.4, -0.2) is 11.6 Å². The topological polar surface area (TPSA) is 22.1 Å². The van der Waals surface area contributed by atoms with Gasteiger partial charge in [-0.1, -0.05) is 68.7 Å². The van der Waals surface area contributed by atoms with Crippen molar-refractivity contribution in [2.45, 2.75) is 58.8 Å². The highest BCUT2D eigenvalue weighted by Crippen LogP contribution is 2.23. The third kappa shape index (κ3) is 6.74. The predicted octanol–water partition coefficient (Wildman–Crippen LogP) is 7.06. The first-order valence-electron chi connectivity index (χ1n) is 11.0. The van der Waals surface area contributed by atoms with Crippen LogP contribution in [0.3, 0.4) is 0 Å². The number of aryl methyl sites for hydroxylation is 3. The van der Waals surface area contributed by atoms with Gasteiger partial charge in [0.1, 0.15) is 5.75 Å². The maximum Gasteiger partial charge on any atom is 0.119 e. The van der Waals surface area contributed by atoms with E-state index in [1.807, 2.05) is 19.1 Å². The minimum atomic E-state index is 0.700. The molecule has 0 radical (unpaired) electrons. The average Bonchev–Trinajstić information content (AvgIpc) is 2.77. The molecule has 3 rings (SSSR count). The summed E-state index contributed by atoms with van der Waals surface area (Å²) in [7, 11) is 0. The van der Waals surface area contributed by atoms with Crippen LogP contribution in [0, 0.1) is 0 Å². The standard InChI is InChI=1S/C27H33NO/c1-3-5-6-7-8-26-18-13-23(21-28-26)10-9-22-11-14-24(15-12-22)25-16-19-27(20-17-25)29-4-2/h11-21H,3-10H2,1-2H3. The third-order valence-electron chi connectivity index (χ3n) is 5.33. The molecule has 0 aliphatic rings. The van der Waals surface area contributed by atoms with Gasteiger partial charge in [0.05, 0.1) is 6.61 Å². The van der Waals surface area contributed by atoms with Gasteiger partial charge in [0.2, 0.25) is 0 Å². The molecule has 0 bridgehead atoms. The fourth-order valence-corrected chi connectivity index (χ4v) is 3.55. The zero-order valence-electron chi connectivity index (χ0n) is 17.9. The van der Waals surface area contributed by atoms with Crippen molar-refractivity contribution < 1.29 is 4.74 Å². The van der Waals surface area contributed by atoms with Gasteiger partial charge >= 0.3 is 0 Å². The maximum atomic E-state index is 5.52. The molecule has 1 aromatic heterocycles. The molecule has 0 aliphatic carbocycles. The first kappa shape index (κ1) is 21.1. The van der Waals surface area contributed by atoms with Gasteiger partial charge < -0.3 is 4.74 Å². The highest BCUT2D eigenvalue weighted by Gasteiger charge is 2.02. The van der Waals surface area contributed by atoms with Gasteiger partial charge in [-0.2, -0.15) is 0 Å². The lowest BCUT2D eigenvalue weighted by Crippen LogP contribution is -1.95. The van der Waals surface area contributed by atoms with E-state index >= 15 is 0 Å². The Hall–Kier alpha value is -2.61. The van der Waals surface area contributed by atoms with E-state index in [0.717, 1.165) is 25.0 Å². The quantitative estimate of drug-likeness (QED) is 0.329. The van der Waals surface area contributed by atoms with E-state index in [1.165, 1.54) is 53.6 Å². The zero-order chi connectivity index (χ0) is 20.3. The maximum absolute atomic E-state index is 5.52. The monoisotopic (exact) mass is 387 g/mol. The van der Waals surface area contributed by atoms with E-state index in [4.69, 9.17) is 4.74 Å². The summed E-state index contributed by atoms with van der Waals surface area (Å²) in [5, 5.41) is 0. The normalized spacial score (nSPS) is 10.8. The molecule has 0 unspecified atom stereocenters. The lowest BCUT2D eigenvalue weighted by atomic mass is 10.0. The smallest absolute Gasteiger partial charge is 0.119 e. The van der Waals surface area contributed by atoms with Crippen molar-refractivity contribution in [3.05, 3.63) is 83.7 Å². The van der Waals surface area contributed by atoms with Crippen molar-refractivity contribution in [2.24, 2.45) is 0 Å². The molecule has 0 spiro atoms. The fourth-order valence-electron chi connectivity index (χ4n) is 3.55. The summed E-state index contributed by atoms with van der Waals surface area (Å²) < 4.78 is 5.52. The Morgan fingerprint density at radius 2 is 1.31 bits per heavy atom. The van der Waals surface area contributed by atoms with Crippen molar-refractivity contribution in [3.63, 3.8) is 0 Å². The summed E-state index contributed by atoms with van der Waals surface area (Å²) in [5.41, 5.74) is 6.37. The van der Waals surface area contributed by atoms with Crippen molar-refractivity contribution in [3.8, 4) is 16.9 Å². The molecule has 0 saturated carbocycles. The summed E-state index contributed by atoms with van der Waals surface area (Å²) in [4.78, 5) is 4.65.